The summed E-state index contributed by atoms with van der Waals surface area (Å²) in [6.45, 7) is 2.23. The summed E-state index contributed by atoms with van der Waals surface area (Å²) < 4.78 is 41.8. The van der Waals surface area contributed by atoms with Crippen molar-refractivity contribution in [1.82, 2.24) is 34.7 Å². The van der Waals surface area contributed by atoms with Crippen LogP contribution in [0.4, 0.5) is 14.7 Å². The van der Waals surface area contributed by atoms with Crippen molar-refractivity contribution in [2.75, 3.05) is 26.6 Å². The second-order valence-corrected chi connectivity index (χ2v) is 11.8. The van der Waals surface area contributed by atoms with Crippen molar-refractivity contribution in [1.29, 1.82) is 0 Å². The molecule has 1 atom stereocenters. The molecule has 0 saturated heterocycles. The summed E-state index contributed by atoms with van der Waals surface area (Å²) in [5.74, 6) is 0.219. The zero-order chi connectivity index (χ0) is 30.0. The average molecular weight is 662 g/mol. The number of ether oxygens (including phenoxy) is 2. The van der Waals surface area contributed by atoms with Crippen molar-refractivity contribution < 1.29 is 23.0 Å². The number of anilines is 1. The Morgan fingerprint density at radius 1 is 1.17 bits per heavy atom. The lowest BCUT2D eigenvalue weighted by Gasteiger charge is -2.23. The van der Waals surface area contributed by atoms with Gasteiger partial charge in [-0.25, -0.2) is 18.7 Å². The Labute approximate surface area is 252 Å². The molecule has 0 unspecified atom stereocenters. The maximum absolute atomic E-state index is 14.8. The topological polar surface area (TPSA) is 120 Å². The Morgan fingerprint density at radius 3 is 2.69 bits per heavy atom. The largest absolute Gasteiger partial charge is 0.497 e. The van der Waals surface area contributed by atoms with E-state index < -0.39 is 11.6 Å². The predicted molar refractivity (Wildman–Crippen MR) is 157 cm³/mol. The molecule has 15 heteroatoms. The van der Waals surface area contributed by atoms with Crippen LogP contribution in [0.2, 0.25) is 0 Å². The molecule has 220 valence electrons. The van der Waals surface area contributed by atoms with E-state index in [4.69, 9.17) is 9.47 Å². The van der Waals surface area contributed by atoms with Crippen LogP contribution in [0.1, 0.15) is 41.0 Å². The number of hydrogen-bond acceptors (Lipinski definition) is 10. The first-order valence-electron chi connectivity index (χ1n) is 12.9. The molecule has 5 rings (SSSR count). The van der Waals surface area contributed by atoms with Crippen molar-refractivity contribution in [2.45, 2.75) is 38.8 Å². The molecule has 0 aliphatic heterocycles. The molecular weight excluding hydrogens is 634 g/mol. The summed E-state index contributed by atoms with van der Waals surface area (Å²) in [4.78, 5) is 23.4. The summed E-state index contributed by atoms with van der Waals surface area (Å²) in [5.41, 5.74) is 1.06. The lowest BCUT2D eigenvalue weighted by molar-refractivity contribution is 0.0734. The molecule has 11 nitrogen and oxygen atoms in total. The van der Waals surface area contributed by atoms with Crippen LogP contribution < -0.4 is 14.8 Å². The minimum atomic E-state index is -0.800. The van der Waals surface area contributed by atoms with Crippen molar-refractivity contribution in [3.63, 3.8) is 0 Å². The minimum Gasteiger partial charge on any atom is -0.497 e. The molecule has 0 fully saturated rings. The molecular formula is C27H27BrF2N8O3S. The minimum absolute atomic E-state index is 0.0240. The van der Waals surface area contributed by atoms with E-state index in [2.05, 4.69) is 46.5 Å². The van der Waals surface area contributed by atoms with E-state index in [1.165, 1.54) is 21.9 Å². The number of fused-ring (bicyclic) bond motifs is 3. The Balaban J connectivity index is 1.37. The van der Waals surface area contributed by atoms with Crippen LogP contribution in [0.5, 0.6) is 11.5 Å². The van der Waals surface area contributed by atoms with Crippen LogP contribution in [-0.4, -0.2) is 67.9 Å². The highest BCUT2D eigenvalue weighted by Gasteiger charge is 2.22. The number of halogens is 3. The molecule has 5 aromatic rings. The monoisotopic (exact) mass is 660 g/mol. The average Bonchev–Trinajstić information content (AvgIpc) is 3.62. The van der Waals surface area contributed by atoms with Crippen LogP contribution in [-0.2, 0) is 13.0 Å². The van der Waals surface area contributed by atoms with E-state index in [0.717, 1.165) is 11.6 Å². The normalized spacial score (nSPS) is 12.1. The predicted octanol–water partition coefficient (Wildman–Crippen LogP) is 5.28. The number of hydrogen-bond donors (Lipinski definition) is 1. The zero-order valence-electron chi connectivity index (χ0n) is 23.2. The maximum atomic E-state index is 14.8. The van der Waals surface area contributed by atoms with Crippen LogP contribution >= 0.6 is 27.3 Å². The lowest BCUT2D eigenvalue weighted by atomic mass is 10.1. The van der Waals surface area contributed by atoms with Gasteiger partial charge in [0.25, 0.3) is 5.91 Å². The molecule has 0 aliphatic carbocycles. The summed E-state index contributed by atoms with van der Waals surface area (Å²) in [7, 11) is 4.85. The van der Waals surface area contributed by atoms with Crippen LogP contribution in [0.25, 0.3) is 16.6 Å². The Kier molecular flexibility index (Phi) is 8.77. The van der Waals surface area contributed by atoms with E-state index in [-0.39, 0.29) is 41.0 Å². The quantitative estimate of drug-likeness (QED) is 0.202. The number of aromatic nitrogens is 6. The fourth-order valence-electron chi connectivity index (χ4n) is 4.46. The van der Waals surface area contributed by atoms with Crippen molar-refractivity contribution in [3.8, 4) is 11.5 Å². The van der Waals surface area contributed by atoms with Gasteiger partial charge < -0.3 is 19.7 Å². The number of carbonyl (C=O) groups is 1. The van der Waals surface area contributed by atoms with E-state index in [1.807, 2.05) is 13.0 Å². The lowest BCUT2D eigenvalue weighted by Crippen LogP contribution is -2.35. The molecule has 0 aliphatic rings. The van der Waals surface area contributed by atoms with Gasteiger partial charge in [0.2, 0.25) is 11.0 Å². The van der Waals surface area contributed by atoms with Crippen LogP contribution in [0.15, 0.2) is 34.2 Å². The van der Waals surface area contributed by atoms with Gasteiger partial charge in [-0.15, -0.1) is 15.3 Å². The highest BCUT2D eigenvalue weighted by Crippen LogP contribution is 2.28. The first-order chi connectivity index (χ1) is 20.2. The zero-order valence-corrected chi connectivity index (χ0v) is 25.6. The fourth-order valence-corrected chi connectivity index (χ4v) is 5.56. The second kappa shape index (κ2) is 12.5. The van der Waals surface area contributed by atoms with Gasteiger partial charge in [0.05, 0.1) is 19.6 Å². The number of carbonyl (C=O) groups excluding carboxylic acids is 1. The first kappa shape index (κ1) is 29.5. The summed E-state index contributed by atoms with van der Waals surface area (Å²) >= 11 is 4.41. The second-order valence-electron chi connectivity index (χ2n) is 9.53. The van der Waals surface area contributed by atoms with E-state index in [0.29, 0.717) is 45.5 Å². The van der Waals surface area contributed by atoms with Gasteiger partial charge in [-0.05, 0) is 53.9 Å². The van der Waals surface area contributed by atoms with Gasteiger partial charge in [-0.1, -0.05) is 11.3 Å². The standard InChI is InChI=1S/C27H27BrF2N8O3S/c1-14(37(2)25(39)24-34-35-26(28)42-24)6-5-7-21-32-23-18-10-16(29)11-19(30)22(18)33-27(38(23)36-21)31-13-15-8-9-17(40-3)12-20(15)41-4/h8-12,14H,5-7,13H2,1-4H3,(H,31,33)/t14-/m0/s1. The number of benzene rings is 2. The smallest absolute Gasteiger partial charge is 0.284 e. The van der Waals surface area contributed by atoms with Gasteiger partial charge in [0.15, 0.2) is 21.2 Å². The van der Waals surface area contributed by atoms with Gasteiger partial charge >= 0.3 is 0 Å². The molecule has 3 heterocycles. The third kappa shape index (κ3) is 6.11. The number of nitrogens with zero attached hydrogens (tertiary/aromatic N) is 7. The highest BCUT2D eigenvalue weighted by molar-refractivity contribution is 9.11. The van der Waals surface area contributed by atoms with Gasteiger partial charge in [0, 0.05) is 43.8 Å². The third-order valence-electron chi connectivity index (χ3n) is 6.86. The number of methoxy groups -OCH3 is 2. The van der Waals surface area contributed by atoms with Gasteiger partial charge in [-0.2, -0.15) is 4.52 Å². The third-order valence-corrected chi connectivity index (χ3v) is 8.20. The number of amides is 1. The molecule has 3 aromatic heterocycles. The van der Waals surface area contributed by atoms with Crippen molar-refractivity contribution >= 4 is 55.7 Å². The molecule has 0 bridgehead atoms. The SMILES string of the molecule is COc1ccc(CNc2nc3c(F)cc(F)cc3c3nc(CCC[C@H](C)N(C)C(=O)c4nnc(Br)s4)nn23)c(OC)c1. The molecule has 0 spiro atoms. The number of rotatable bonds is 11. The number of aryl methyl sites for hydroxylation is 1. The van der Waals surface area contributed by atoms with Crippen LogP contribution in [0, 0.1) is 11.6 Å². The first-order valence-corrected chi connectivity index (χ1v) is 14.5. The summed E-state index contributed by atoms with van der Waals surface area (Å²) in [6.07, 6.45) is 1.81. The van der Waals surface area contributed by atoms with Crippen molar-refractivity contribution in [2.24, 2.45) is 0 Å². The molecule has 1 N–H and O–H groups in total. The number of nitrogens with one attached hydrogen (secondary N) is 1. The molecule has 2 aromatic carbocycles. The molecule has 42 heavy (non-hydrogen) atoms. The van der Waals surface area contributed by atoms with E-state index >= 15 is 0 Å². The molecule has 0 radical (unpaired) electrons. The Morgan fingerprint density at radius 2 is 1.98 bits per heavy atom. The van der Waals surface area contributed by atoms with E-state index in [1.54, 1.807) is 38.3 Å². The van der Waals surface area contributed by atoms with Crippen molar-refractivity contribution in [3.05, 3.63) is 62.3 Å². The molecule has 0 saturated carbocycles. The highest BCUT2D eigenvalue weighted by atomic mass is 79.9. The van der Waals surface area contributed by atoms with E-state index in [9.17, 15) is 13.6 Å². The maximum Gasteiger partial charge on any atom is 0.284 e. The summed E-state index contributed by atoms with van der Waals surface area (Å²) in [6, 6.07) is 7.31. The fraction of sp³-hybridized carbons (Fsp3) is 0.333. The molecule has 1 amide bonds. The van der Waals surface area contributed by atoms with Crippen LogP contribution in [0.3, 0.4) is 0 Å². The van der Waals surface area contributed by atoms with Gasteiger partial charge in [-0.3, -0.25) is 4.79 Å². The Hall–Kier alpha value is -3.98. The summed E-state index contributed by atoms with van der Waals surface area (Å²) in [5, 5.41) is 16.1. The van der Waals surface area contributed by atoms with Gasteiger partial charge in [0.1, 0.15) is 22.8 Å². The Bertz CT molecular complexity index is 1760.